The Labute approximate surface area is 199 Å². The zero-order valence-corrected chi connectivity index (χ0v) is 19.9. The van der Waals surface area contributed by atoms with Gasteiger partial charge in [-0.25, -0.2) is 13.4 Å². The van der Waals surface area contributed by atoms with E-state index in [1.54, 1.807) is 42.9 Å². The minimum atomic E-state index is -3.93. The molecule has 7 nitrogen and oxygen atoms in total. The Morgan fingerprint density at radius 1 is 0.971 bits per heavy atom. The lowest BCUT2D eigenvalue weighted by atomic mass is 10.1. The van der Waals surface area contributed by atoms with Crippen LogP contribution in [-0.4, -0.2) is 30.4 Å². The molecule has 34 heavy (non-hydrogen) atoms. The lowest BCUT2D eigenvalue weighted by Gasteiger charge is -2.25. The predicted molar refractivity (Wildman–Crippen MR) is 132 cm³/mol. The normalized spacial score (nSPS) is 11.2. The van der Waals surface area contributed by atoms with Gasteiger partial charge in [-0.05, 0) is 66.9 Å². The third-order valence-electron chi connectivity index (χ3n) is 5.34. The van der Waals surface area contributed by atoms with Gasteiger partial charge in [0.15, 0.2) is 0 Å². The summed E-state index contributed by atoms with van der Waals surface area (Å²) in [6.45, 7) is 3.76. The standard InChI is InChI=1S/C26H26N4O3S/c1-20-14-21(2)16-24(15-20)30(34(32,33)25-6-4-3-5-7-25)18-26(31)28-17-22-8-10-23(11-9-22)29-13-12-27-19-29/h3-16,19H,17-18H2,1-2H3,(H,28,31). The van der Waals surface area contributed by atoms with Crippen LogP contribution in [0.15, 0.2) is 96.4 Å². The molecule has 0 atom stereocenters. The Morgan fingerprint density at radius 3 is 2.26 bits per heavy atom. The number of benzene rings is 3. The first-order valence-electron chi connectivity index (χ1n) is 10.8. The molecular weight excluding hydrogens is 448 g/mol. The van der Waals surface area contributed by atoms with E-state index in [4.69, 9.17) is 0 Å². The summed E-state index contributed by atoms with van der Waals surface area (Å²) in [5, 5.41) is 2.84. The van der Waals surface area contributed by atoms with E-state index >= 15 is 0 Å². The average Bonchev–Trinajstić information content (AvgIpc) is 3.36. The van der Waals surface area contributed by atoms with Crippen molar-refractivity contribution >= 4 is 21.6 Å². The van der Waals surface area contributed by atoms with Crippen LogP contribution in [0.3, 0.4) is 0 Å². The van der Waals surface area contributed by atoms with Crippen LogP contribution in [0, 0.1) is 13.8 Å². The van der Waals surface area contributed by atoms with Crippen molar-refractivity contribution in [1.82, 2.24) is 14.9 Å². The Balaban J connectivity index is 1.52. The number of anilines is 1. The number of carbonyl (C=O) groups excluding carboxylic acids is 1. The number of aryl methyl sites for hydroxylation is 2. The zero-order valence-electron chi connectivity index (χ0n) is 19.0. The molecule has 0 radical (unpaired) electrons. The molecule has 8 heteroatoms. The fraction of sp³-hybridized carbons (Fsp3) is 0.154. The lowest BCUT2D eigenvalue weighted by molar-refractivity contribution is -0.119. The maximum absolute atomic E-state index is 13.5. The number of aromatic nitrogens is 2. The van der Waals surface area contributed by atoms with Crippen molar-refractivity contribution < 1.29 is 13.2 Å². The van der Waals surface area contributed by atoms with Gasteiger partial charge in [-0.15, -0.1) is 0 Å². The van der Waals surface area contributed by atoms with E-state index in [1.165, 1.54) is 16.4 Å². The summed E-state index contributed by atoms with van der Waals surface area (Å²) in [5.74, 6) is -0.391. The molecule has 1 N–H and O–H groups in total. The van der Waals surface area contributed by atoms with E-state index in [-0.39, 0.29) is 18.0 Å². The summed E-state index contributed by atoms with van der Waals surface area (Å²) < 4.78 is 30.0. The number of nitrogens with one attached hydrogen (secondary N) is 1. The van der Waals surface area contributed by atoms with Crippen LogP contribution in [-0.2, 0) is 21.4 Å². The second kappa shape index (κ2) is 9.93. The highest BCUT2D eigenvalue weighted by Gasteiger charge is 2.27. The molecule has 0 fully saturated rings. The SMILES string of the molecule is Cc1cc(C)cc(N(CC(=O)NCc2ccc(-n3ccnc3)cc2)S(=O)(=O)c2ccccc2)c1. The number of sulfonamides is 1. The molecular formula is C26H26N4O3S. The third kappa shape index (κ3) is 5.35. The molecule has 0 aliphatic rings. The molecule has 1 amide bonds. The van der Waals surface area contributed by atoms with E-state index in [1.807, 2.05) is 54.9 Å². The number of carbonyl (C=O) groups is 1. The van der Waals surface area contributed by atoms with Gasteiger partial charge < -0.3 is 9.88 Å². The minimum Gasteiger partial charge on any atom is -0.350 e. The molecule has 0 aliphatic heterocycles. The second-order valence-corrected chi connectivity index (χ2v) is 9.95. The molecule has 4 aromatic rings. The molecule has 0 aliphatic carbocycles. The van der Waals surface area contributed by atoms with Crippen LogP contribution in [0.1, 0.15) is 16.7 Å². The quantitative estimate of drug-likeness (QED) is 0.418. The highest BCUT2D eigenvalue weighted by Crippen LogP contribution is 2.25. The van der Waals surface area contributed by atoms with Crippen LogP contribution in [0.4, 0.5) is 5.69 Å². The van der Waals surface area contributed by atoms with Gasteiger partial charge in [-0.2, -0.15) is 0 Å². The van der Waals surface area contributed by atoms with Crippen molar-refractivity contribution in [1.29, 1.82) is 0 Å². The molecule has 174 valence electrons. The van der Waals surface area contributed by atoms with E-state index in [2.05, 4.69) is 10.3 Å². The van der Waals surface area contributed by atoms with Crippen molar-refractivity contribution in [3.05, 3.63) is 108 Å². The van der Waals surface area contributed by atoms with Crippen molar-refractivity contribution in [2.24, 2.45) is 0 Å². The predicted octanol–water partition coefficient (Wildman–Crippen LogP) is 4.00. The molecule has 0 spiro atoms. The number of amides is 1. The lowest BCUT2D eigenvalue weighted by Crippen LogP contribution is -2.40. The van der Waals surface area contributed by atoms with Gasteiger partial charge in [0.1, 0.15) is 6.54 Å². The summed E-state index contributed by atoms with van der Waals surface area (Å²) >= 11 is 0. The van der Waals surface area contributed by atoms with Crippen molar-refractivity contribution in [3.63, 3.8) is 0 Å². The minimum absolute atomic E-state index is 0.136. The Morgan fingerprint density at radius 2 is 1.65 bits per heavy atom. The first-order chi connectivity index (χ1) is 16.3. The smallest absolute Gasteiger partial charge is 0.264 e. The summed E-state index contributed by atoms with van der Waals surface area (Å²) in [6, 6.07) is 21.4. The summed E-state index contributed by atoms with van der Waals surface area (Å²) in [4.78, 5) is 17.0. The number of hydrogen-bond donors (Lipinski definition) is 1. The number of hydrogen-bond acceptors (Lipinski definition) is 4. The van der Waals surface area contributed by atoms with E-state index in [0.29, 0.717) is 5.69 Å². The highest BCUT2D eigenvalue weighted by molar-refractivity contribution is 7.92. The van der Waals surface area contributed by atoms with Gasteiger partial charge >= 0.3 is 0 Å². The average molecular weight is 475 g/mol. The maximum Gasteiger partial charge on any atom is 0.264 e. The third-order valence-corrected chi connectivity index (χ3v) is 7.13. The molecule has 0 saturated carbocycles. The Hall–Kier alpha value is -3.91. The Kier molecular flexibility index (Phi) is 6.79. The summed E-state index contributed by atoms with van der Waals surface area (Å²) in [7, 11) is -3.93. The summed E-state index contributed by atoms with van der Waals surface area (Å²) in [5.41, 5.74) is 4.16. The molecule has 3 aromatic carbocycles. The number of rotatable bonds is 8. The van der Waals surface area contributed by atoms with Gasteiger partial charge in [0.25, 0.3) is 10.0 Å². The molecule has 1 aromatic heterocycles. The maximum atomic E-state index is 13.5. The van der Waals surface area contributed by atoms with Crippen LogP contribution < -0.4 is 9.62 Å². The van der Waals surface area contributed by atoms with Crippen molar-refractivity contribution in [2.45, 2.75) is 25.3 Å². The second-order valence-electron chi connectivity index (χ2n) is 8.08. The van der Waals surface area contributed by atoms with Crippen molar-refractivity contribution in [2.75, 3.05) is 10.8 Å². The molecule has 0 saturated heterocycles. The van der Waals surface area contributed by atoms with Gasteiger partial charge in [0.2, 0.25) is 5.91 Å². The first-order valence-corrected chi connectivity index (χ1v) is 12.3. The van der Waals surface area contributed by atoms with Crippen LogP contribution in [0.5, 0.6) is 0 Å². The van der Waals surface area contributed by atoms with Gasteiger partial charge in [0.05, 0.1) is 16.9 Å². The van der Waals surface area contributed by atoms with Crippen LogP contribution >= 0.6 is 0 Å². The van der Waals surface area contributed by atoms with Gasteiger partial charge in [-0.3, -0.25) is 9.10 Å². The van der Waals surface area contributed by atoms with E-state index < -0.39 is 15.9 Å². The summed E-state index contributed by atoms with van der Waals surface area (Å²) in [6.07, 6.45) is 5.27. The van der Waals surface area contributed by atoms with Crippen molar-refractivity contribution in [3.8, 4) is 5.69 Å². The fourth-order valence-electron chi connectivity index (χ4n) is 3.71. The fourth-order valence-corrected chi connectivity index (χ4v) is 5.14. The first kappa shape index (κ1) is 23.3. The Bertz CT molecular complexity index is 1350. The number of nitrogens with zero attached hydrogens (tertiary/aromatic N) is 3. The van der Waals surface area contributed by atoms with E-state index in [9.17, 15) is 13.2 Å². The van der Waals surface area contributed by atoms with Gasteiger partial charge in [0, 0.05) is 24.6 Å². The van der Waals surface area contributed by atoms with Gasteiger partial charge in [-0.1, -0.05) is 36.4 Å². The highest BCUT2D eigenvalue weighted by atomic mass is 32.2. The topological polar surface area (TPSA) is 84.3 Å². The zero-order chi connectivity index (χ0) is 24.1. The largest absolute Gasteiger partial charge is 0.350 e. The van der Waals surface area contributed by atoms with Crippen LogP contribution in [0.2, 0.25) is 0 Å². The molecule has 0 bridgehead atoms. The number of imidazole rings is 1. The molecule has 1 heterocycles. The molecule has 4 rings (SSSR count). The monoisotopic (exact) mass is 474 g/mol. The van der Waals surface area contributed by atoms with E-state index in [0.717, 1.165) is 22.4 Å². The molecule has 0 unspecified atom stereocenters. The van der Waals surface area contributed by atoms with Crippen LogP contribution in [0.25, 0.3) is 5.69 Å².